The van der Waals surface area contributed by atoms with E-state index in [0.29, 0.717) is 0 Å². The Balaban J connectivity index is 2.06. The van der Waals surface area contributed by atoms with Gasteiger partial charge in [-0.15, -0.1) is 0 Å². The summed E-state index contributed by atoms with van der Waals surface area (Å²) in [6.45, 7) is 0. The fraction of sp³-hybridized carbons (Fsp3) is 0.300. The Morgan fingerprint density at radius 2 is 2.07 bits per heavy atom. The standard InChI is InChI=1S/C10H9FO3/c1-13-10(12)9-8(14-9)6-2-4-7(11)5-3-6/h2-5,8-9H,1H3. The number of benzene rings is 1. The van der Waals surface area contributed by atoms with Gasteiger partial charge in [-0.2, -0.15) is 0 Å². The van der Waals surface area contributed by atoms with E-state index in [4.69, 9.17) is 4.74 Å². The number of esters is 1. The molecule has 0 radical (unpaired) electrons. The Hall–Kier alpha value is -1.42. The molecule has 1 aliphatic rings. The highest BCUT2D eigenvalue weighted by atomic mass is 19.1. The Morgan fingerprint density at radius 3 is 2.64 bits per heavy atom. The summed E-state index contributed by atoms with van der Waals surface area (Å²) in [5.41, 5.74) is 0.793. The molecular weight excluding hydrogens is 187 g/mol. The number of rotatable bonds is 2. The van der Waals surface area contributed by atoms with Crippen LogP contribution in [0.15, 0.2) is 24.3 Å². The van der Waals surface area contributed by atoms with Crippen molar-refractivity contribution in [2.45, 2.75) is 12.2 Å². The second-order valence-electron chi connectivity index (χ2n) is 3.05. The molecule has 0 saturated carbocycles. The molecule has 0 bridgehead atoms. The van der Waals surface area contributed by atoms with E-state index in [9.17, 15) is 9.18 Å². The molecule has 0 N–H and O–H groups in total. The molecule has 1 heterocycles. The summed E-state index contributed by atoms with van der Waals surface area (Å²) in [6, 6.07) is 5.88. The predicted molar refractivity (Wildman–Crippen MR) is 46.0 cm³/mol. The van der Waals surface area contributed by atoms with Gasteiger partial charge in [-0.25, -0.2) is 9.18 Å². The van der Waals surface area contributed by atoms with Crippen molar-refractivity contribution in [2.75, 3.05) is 7.11 Å². The Morgan fingerprint density at radius 1 is 1.43 bits per heavy atom. The number of epoxide rings is 1. The van der Waals surface area contributed by atoms with Crippen molar-refractivity contribution in [1.29, 1.82) is 0 Å². The van der Waals surface area contributed by atoms with Crippen LogP contribution in [-0.2, 0) is 14.3 Å². The van der Waals surface area contributed by atoms with E-state index in [1.54, 1.807) is 12.1 Å². The zero-order valence-electron chi connectivity index (χ0n) is 7.57. The number of halogens is 1. The third-order valence-electron chi connectivity index (χ3n) is 2.12. The van der Waals surface area contributed by atoms with Crippen LogP contribution in [0.1, 0.15) is 11.7 Å². The van der Waals surface area contributed by atoms with Gasteiger partial charge in [0.2, 0.25) is 0 Å². The van der Waals surface area contributed by atoms with Crippen LogP contribution in [0.25, 0.3) is 0 Å². The van der Waals surface area contributed by atoms with Crippen LogP contribution < -0.4 is 0 Å². The maximum Gasteiger partial charge on any atom is 0.338 e. The number of methoxy groups -OCH3 is 1. The molecule has 1 saturated heterocycles. The molecule has 3 nitrogen and oxygen atoms in total. The molecule has 0 aliphatic carbocycles. The van der Waals surface area contributed by atoms with Gasteiger partial charge in [0.15, 0.2) is 6.10 Å². The van der Waals surface area contributed by atoms with Gasteiger partial charge in [-0.3, -0.25) is 0 Å². The summed E-state index contributed by atoms with van der Waals surface area (Å²) in [5, 5.41) is 0. The Labute approximate surface area is 80.4 Å². The van der Waals surface area contributed by atoms with E-state index in [1.165, 1.54) is 19.2 Å². The van der Waals surface area contributed by atoms with Gasteiger partial charge in [-0.05, 0) is 17.7 Å². The summed E-state index contributed by atoms with van der Waals surface area (Å²) in [6.07, 6.45) is -0.798. The molecule has 0 spiro atoms. The van der Waals surface area contributed by atoms with Crippen LogP contribution in [0.4, 0.5) is 4.39 Å². The van der Waals surface area contributed by atoms with Crippen molar-refractivity contribution in [3.63, 3.8) is 0 Å². The second kappa shape index (κ2) is 3.38. The van der Waals surface area contributed by atoms with Gasteiger partial charge >= 0.3 is 5.97 Å². The smallest absolute Gasteiger partial charge is 0.338 e. The molecule has 1 fully saturated rings. The second-order valence-corrected chi connectivity index (χ2v) is 3.05. The largest absolute Gasteiger partial charge is 0.467 e. The quantitative estimate of drug-likeness (QED) is 0.530. The van der Waals surface area contributed by atoms with Crippen LogP contribution in [0.3, 0.4) is 0 Å². The van der Waals surface area contributed by atoms with E-state index in [2.05, 4.69) is 4.74 Å². The van der Waals surface area contributed by atoms with Crippen molar-refractivity contribution in [2.24, 2.45) is 0 Å². The van der Waals surface area contributed by atoms with E-state index in [-0.39, 0.29) is 17.9 Å². The molecule has 1 aromatic rings. The summed E-state index contributed by atoms with van der Waals surface area (Å²) in [7, 11) is 1.31. The van der Waals surface area contributed by atoms with Crippen LogP contribution in [-0.4, -0.2) is 19.2 Å². The van der Waals surface area contributed by atoms with E-state index < -0.39 is 6.10 Å². The third-order valence-corrected chi connectivity index (χ3v) is 2.12. The molecule has 2 rings (SSSR count). The van der Waals surface area contributed by atoms with Crippen molar-refractivity contribution in [3.8, 4) is 0 Å². The highest BCUT2D eigenvalue weighted by Crippen LogP contribution is 2.39. The number of carbonyl (C=O) groups is 1. The number of hydrogen-bond donors (Lipinski definition) is 0. The minimum absolute atomic E-state index is 0.275. The number of ether oxygens (including phenoxy) is 2. The van der Waals surface area contributed by atoms with Gasteiger partial charge in [0.25, 0.3) is 0 Å². The number of carbonyl (C=O) groups excluding carboxylic acids is 1. The molecule has 1 aromatic carbocycles. The van der Waals surface area contributed by atoms with E-state index >= 15 is 0 Å². The van der Waals surface area contributed by atoms with Crippen LogP contribution in [0.5, 0.6) is 0 Å². The maximum atomic E-state index is 12.6. The molecule has 2 atom stereocenters. The lowest BCUT2D eigenvalue weighted by molar-refractivity contribution is -0.142. The zero-order valence-corrected chi connectivity index (χ0v) is 7.57. The predicted octanol–water partition coefficient (Wildman–Crippen LogP) is 1.44. The molecular formula is C10H9FO3. The average Bonchev–Trinajstić information content (AvgIpc) is 2.98. The van der Waals surface area contributed by atoms with Crippen molar-refractivity contribution < 1.29 is 18.7 Å². The first-order chi connectivity index (χ1) is 6.72. The lowest BCUT2D eigenvalue weighted by Gasteiger charge is -1.95. The lowest BCUT2D eigenvalue weighted by atomic mass is 10.1. The first kappa shape index (κ1) is 9.15. The SMILES string of the molecule is COC(=O)C1OC1c1ccc(F)cc1. The van der Waals surface area contributed by atoms with Crippen LogP contribution in [0, 0.1) is 5.82 Å². The normalized spacial score (nSPS) is 24.4. The van der Waals surface area contributed by atoms with Crippen LogP contribution >= 0.6 is 0 Å². The van der Waals surface area contributed by atoms with Gasteiger partial charge in [0.1, 0.15) is 11.9 Å². The zero-order chi connectivity index (χ0) is 10.1. The summed E-state index contributed by atoms with van der Waals surface area (Å²) in [4.78, 5) is 11.0. The van der Waals surface area contributed by atoms with Crippen molar-refractivity contribution >= 4 is 5.97 Å². The summed E-state index contributed by atoms with van der Waals surface area (Å²) < 4.78 is 22.2. The Bertz CT molecular complexity index is 347. The van der Waals surface area contributed by atoms with E-state index in [0.717, 1.165) is 5.56 Å². The minimum Gasteiger partial charge on any atom is -0.467 e. The third kappa shape index (κ3) is 1.61. The molecule has 0 amide bonds. The molecule has 1 aliphatic heterocycles. The highest BCUT2D eigenvalue weighted by Gasteiger charge is 2.47. The minimum atomic E-state index is -0.523. The number of hydrogen-bond acceptors (Lipinski definition) is 3. The summed E-state index contributed by atoms with van der Waals surface area (Å²) >= 11 is 0. The maximum absolute atomic E-state index is 12.6. The fourth-order valence-electron chi connectivity index (χ4n) is 1.31. The fourth-order valence-corrected chi connectivity index (χ4v) is 1.31. The van der Waals surface area contributed by atoms with Gasteiger partial charge < -0.3 is 9.47 Å². The monoisotopic (exact) mass is 196 g/mol. The van der Waals surface area contributed by atoms with Gasteiger partial charge in [0, 0.05) is 0 Å². The molecule has 74 valence electrons. The lowest BCUT2D eigenvalue weighted by Crippen LogP contribution is -2.09. The summed E-state index contributed by atoms with van der Waals surface area (Å²) in [5.74, 6) is -0.691. The van der Waals surface area contributed by atoms with Crippen molar-refractivity contribution in [3.05, 3.63) is 35.6 Å². The topological polar surface area (TPSA) is 38.8 Å². The van der Waals surface area contributed by atoms with Crippen molar-refractivity contribution in [1.82, 2.24) is 0 Å². The Kier molecular flexibility index (Phi) is 2.21. The molecule has 0 aromatic heterocycles. The van der Waals surface area contributed by atoms with E-state index in [1.807, 2.05) is 0 Å². The van der Waals surface area contributed by atoms with Gasteiger partial charge in [0.05, 0.1) is 7.11 Å². The highest BCUT2D eigenvalue weighted by molar-refractivity contribution is 5.78. The first-order valence-electron chi connectivity index (χ1n) is 4.21. The first-order valence-corrected chi connectivity index (χ1v) is 4.21. The molecule has 4 heteroatoms. The van der Waals surface area contributed by atoms with Crippen LogP contribution in [0.2, 0.25) is 0 Å². The molecule has 14 heavy (non-hydrogen) atoms. The average molecular weight is 196 g/mol. The van der Waals surface area contributed by atoms with Gasteiger partial charge in [-0.1, -0.05) is 12.1 Å². The molecule has 2 unspecified atom stereocenters.